The molecule has 0 atom stereocenters. The molecule has 180 valence electrons. The van der Waals surface area contributed by atoms with Gasteiger partial charge in [-0.3, -0.25) is 4.79 Å². The van der Waals surface area contributed by atoms with Gasteiger partial charge in [0.2, 0.25) is 5.95 Å². The van der Waals surface area contributed by atoms with E-state index in [1.165, 1.54) is 7.11 Å². The van der Waals surface area contributed by atoms with Crippen molar-refractivity contribution in [2.75, 3.05) is 19.1 Å². The Morgan fingerprint density at radius 1 is 1.11 bits per heavy atom. The molecule has 0 aliphatic heterocycles. The van der Waals surface area contributed by atoms with Gasteiger partial charge in [-0.2, -0.15) is 0 Å². The van der Waals surface area contributed by atoms with Crippen molar-refractivity contribution in [3.63, 3.8) is 0 Å². The number of aromatic nitrogens is 2. The van der Waals surface area contributed by atoms with Crippen LogP contribution in [0.5, 0.6) is 5.75 Å². The van der Waals surface area contributed by atoms with Gasteiger partial charge in [0.05, 0.1) is 49.2 Å². The molecule has 35 heavy (non-hydrogen) atoms. The zero-order valence-electron chi connectivity index (χ0n) is 19.8. The Morgan fingerprint density at radius 3 is 2.54 bits per heavy atom. The lowest BCUT2D eigenvalue weighted by molar-refractivity contribution is 0.0601. The van der Waals surface area contributed by atoms with E-state index in [9.17, 15) is 9.59 Å². The van der Waals surface area contributed by atoms with E-state index in [1.54, 1.807) is 36.1 Å². The van der Waals surface area contributed by atoms with Crippen LogP contribution in [0.15, 0.2) is 70.1 Å². The Labute approximate surface area is 202 Å². The molecule has 8 heteroatoms. The van der Waals surface area contributed by atoms with Gasteiger partial charge in [0, 0.05) is 6.04 Å². The van der Waals surface area contributed by atoms with E-state index in [2.05, 4.69) is 4.90 Å². The van der Waals surface area contributed by atoms with Gasteiger partial charge in [-0.1, -0.05) is 12.8 Å². The Balaban J connectivity index is 1.75. The van der Waals surface area contributed by atoms with Gasteiger partial charge in [-0.15, -0.1) is 0 Å². The molecule has 0 amide bonds. The van der Waals surface area contributed by atoms with E-state index >= 15 is 0 Å². The summed E-state index contributed by atoms with van der Waals surface area (Å²) in [7, 11) is 2.94. The number of rotatable bonds is 7. The molecular weight excluding hydrogens is 446 g/mol. The highest BCUT2D eigenvalue weighted by Crippen LogP contribution is 2.31. The SMILES string of the molecule is COC(=O)c1ccc2c(=O)n(-c3ccc(OC)cc3)c(N(Cc3ccco3)C3CCCC3)nc2c1. The predicted molar refractivity (Wildman–Crippen MR) is 132 cm³/mol. The minimum absolute atomic E-state index is 0.206. The zero-order chi connectivity index (χ0) is 24.4. The first kappa shape index (κ1) is 22.7. The number of esters is 1. The summed E-state index contributed by atoms with van der Waals surface area (Å²) in [5.41, 5.74) is 1.26. The van der Waals surface area contributed by atoms with Crippen molar-refractivity contribution in [2.24, 2.45) is 0 Å². The maximum Gasteiger partial charge on any atom is 0.337 e. The van der Waals surface area contributed by atoms with Crippen LogP contribution in [0.1, 0.15) is 41.8 Å². The van der Waals surface area contributed by atoms with Crippen molar-refractivity contribution in [2.45, 2.75) is 38.3 Å². The van der Waals surface area contributed by atoms with Crippen LogP contribution in [-0.4, -0.2) is 35.8 Å². The third kappa shape index (κ3) is 4.39. The fourth-order valence-corrected chi connectivity index (χ4v) is 4.72. The molecule has 1 aliphatic carbocycles. The van der Waals surface area contributed by atoms with Crippen molar-refractivity contribution >= 4 is 22.8 Å². The lowest BCUT2D eigenvalue weighted by Crippen LogP contribution is -2.38. The van der Waals surface area contributed by atoms with Gasteiger partial charge >= 0.3 is 5.97 Å². The summed E-state index contributed by atoms with van der Waals surface area (Å²) in [6.07, 6.45) is 5.88. The Bertz CT molecular complexity index is 1390. The van der Waals surface area contributed by atoms with Crippen LogP contribution in [0.25, 0.3) is 16.6 Å². The van der Waals surface area contributed by atoms with Crippen LogP contribution < -0.4 is 15.2 Å². The predicted octanol–water partition coefficient (Wildman–Crippen LogP) is 4.72. The van der Waals surface area contributed by atoms with Crippen LogP contribution in [0, 0.1) is 0 Å². The lowest BCUT2D eigenvalue weighted by atomic mass is 10.1. The molecule has 0 radical (unpaired) electrons. The highest BCUT2D eigenvalue weighted by Gasteiger charge is 2.28. The van der Waals surface area contributed by atoms with Gasteiger partial charge in [-0.25, -0.2) is 14.3 Å². The first-order valence-electron chi connectivity index (χ1n) is 11.7. The molecular formula is C27H27N3O5. The number of fused-ring (bicyclic) bond motifs is 1. The molecule has 1 saturated carbocycles. The average molecular weight is 474 g/mol. The quantitative estimate of drug-likeness (QED) is 0.359. The smallest absolute Gasteiger partial charge is 0.337 e. The average Bonchev–Trinajstić information content (AvgIpc) is 3.61. The summed E-state index contributed by atoms with van der Waals surface area (Å²) in [5.74, 6) is 1.52. The van der Waals surface area contributed by atoms with Gasteiger partial charge < -0.3 is 18.8 Å². The van der Waals surface area contributed by atoms with Crippen LogP contribution in [0.2, 0.25) is 0 Å². The van der Waals surface area contributed by atoms with Crippen LogP contribution >= 0.6 is 0 Å². The van der Waals surface area contributed by atoms with Crippen molar-refractivity contribution in [1.82, 2.24) is 9.55 Å². The maximum absolute atomic E-state index is 13.9. The molecule has 4 aromatic rings. The number of hydrogen-bond acceptors (Lipinski definition) is 7. The second-order valence-electron chi connectivity index (χ2n) is 8.62. The number of methoxy groups -OCH3 is 2. The Morgan fingerprint density at radius 2 is 1.89 bits per heavy atom. The maximum atomic E-state index is 13.9. The van der Waals surface area contributed by atoms with E-state index in [4.69, 9.17) is 18.9 Å². The second-order valence-corrected chi connectivity index (χ2v) is 8.62. The van der Waals surface area contributed by atoms with Crippen LogP contribution in [-0.2, 0) is 11.3 Å². The van der Waals surface area contributed by atoms with Gasteiger partial charge in [0.15, 0.2) is 0 Å². The van der Waals surface area contributed by atoms with Crippen molar-refractivity contribution in [3.05, 3.63) is 82.5 Å². The molecule has 8 nitrogen and oxygen atoms in total. The molecule has 1 fully saturated rings. The minimum Gasteiger partial charge on any atom is -0.497 e. The lowest BCUT2D eigenvalue weighted by Gasteiger charge is -2.31. The van der Waals surface area contributed by atoms with E-state index in [0.29, 0.717) is 40.4 Å². The molecule has 2 aromatic heterocycles. The summed E-state index contributed by atoms with van der Waals surface area (Å²) in [6, 6.07) is 16.2. The molecule has 0 N–H and O–H groups in total. The highest BCUT2D eigenvalue weighted by molar-refractivity contribution is 5.94. The largest absolute Gasteiger partial charge is 0.497 e. The van der Waals surface area contributed by atoms with Crippen molar-refractivity contribution in [1.29, 1.82) is 0 Å². The normalized spacial score (nSPS) is 13.8. The van der Waals surface area contributed by atoms with E-state index in [1.807, 2.05) is 36.4 Å². The number of ether oxygens (including phenoxy) is 2. The number of furan rings is 1. The summed E-state index contributed by atoms with van der Waals surface area (Å²) >= 11 is 0. The summed E-state index contributed by atoms with van der Waals surface area (Å²) in [6.45, 7) is 0.475. The van der Waals surface area contributed by atoms with Crippen molar-refractivity contribution in [3.8, 4) is 11.4 Å². The van der Waals surface area contributed by atoms with Crippen molar-refractivity contribution < 1.29 is 18.7 Å². The molecule has 5 rings (SSSR count). The molecule has 0 saturated heterocycles. The molecule has 2 heterocycles. The zero-order valence-corrected chi connectivity index (χ0v) is 19.8. The van der Waals surface area contributed by atoms with Gasteiger partial charge in [0.1, 0.15) is 11.5 Å². The summed E-state index contributed by atoms with van der Waals surface area (Å²) < 4.78 is 17.5. The topological polar surface area (TPSA) is 86.8 Å². The highest BCUT2D eigenvalue weighted by atomic mass is 16.5. The molecule has 1 aliphatic rings. The third-order valence-electron chi connectivity index (χ3n) is 6.53. The summed E-state index contributed by atoms with van der Waals surface area (Å²) in [4.78, 5) is 33.2. The summed E-state index contributed by atoms with van der Waals surface area (Å²) in [5, 5.41) is 0.418. The first-order chi connectivity index (χ1) is 17.1. The molecule has 0 bridgehead atoms. The standard InChI is InChI=1S/C27H27N3O5/c1-33-21-12-10-20(11-13-21)30-25(31)23-14-9-18(26(32)34-2)16-24(23)28-27(30)29(19-6-3-4-7-19)17-22-8-5-15-35-22/h5,8-16,19H,3-4,6-7,17H2,1-2H3. The van der Waals surface area contributed by atoms with E-state index < -0.39 is 5.97 Å². The number of hydrogen-bond donors (Lipinski definition) is 0. The first-order valence-corrected chi connectivity index (χ1v) is 11.7. The number of benzene rings is 2. The second kappa shape index (κ2) is 9.66. The Hall–Kier alpha value is -4.07. The fraction of sp³-hybridized carbons (Fsp3) is 0.296. The van der Waals surface area contributed by atoms with Gasteiger partial charge in [-0.05, 0) is 67.4 Å². The third-order valence-corrected chi connectivity index (χ3v) is 6.53. The van der Waals surface area contributed by atoms with E-state index in [0.717, 1.165) is 31.4 Å². The molecule has 0 spiro atoms. The fourth-order valence-electron chi connectivity index (χ4n) is 4.72. The minimum atomic E-state index is -0.474. The number of carbonyl (C=O) groups is 1. The number of anilines is 1. The number of nitrogens with zero attached hydrogens (tertiary/aromatic N) is 3. The van der Waals surface area contributed by atoms with Crippen LogP contribution in [0.4, 0.5) is 5.95 Å². The van der Waals surface area contributed by atoms with Crippen LogP contribution in [0.3, 0.4) is 0 Å². The van der Waals surface area contributed by atoms with E-state index in [-0.39, 0.29) is 11.6 Å². The monoisotopic (exact) mass is 473 g/mol. The Kier molecular flexibility index (Phi) is 6.27. The van der Waals surface area contributed by atoms with Gasteiger partial charge in [0.25, 0.3) is 5.56 Å². The number of carbonyl (C=O) groups excluding carboxylic acids is 1. The molecule has 2 aromatic carbocycles. The molecule has 0 unspecified atom stereocenters.